The highest BCUT2D eigenvalue weighted by Gasteiger charge is 2.22. The second kappa shape index (κ2) is 4.36. The van der Waals surface area contributed by atoms with Crippen molar-refractivity contribution >= 4 is 0 Å². The highest BCUT2D eigenvalue weighted by molar-refractivity contribution is 5.34. The number of aryl methyl sites for hydroxylation is 1. The van der Waals surface area contributed by atoms with E-state index in [9.17, 15) is 5.11 Å². The van der Waals surface area contributed by atoms with Crippen LogP contribution in [0.5, 0.6) is 0 Å². The molecule has 1 saturated carbocycles. The van der Waals surface area contributed by atoms with Crippen LogP contribution < -0.4 is 0 Å². The van der Waals surface area contributed by atoms with Gasteiger partial charge in [-0.05, 0) is 49.3 Å². The summed E-state index contributed by atoms with van der Waals surface area (Å²) in [6.45, 7) is 4.21. The lowest BCUT2D eigenvalue weighted by atomic mass is 9.96. The first-order valence-corrected chi connectivity index (χ1v) is 5.92. The second-order valence-corrected chi connectivity index (χ2v) is 4.83. The minimum absolute atomic E-state index is 0.259. The zero-order valence-corrected chi connectivity index (χ0v) is 9.66. The topological polar surface area (TPSA) is 20.2 Å². The van der Waals surface area contributed by atoms with Crippen molar-refractivity contribution in [2.45, 2.75) is 45.6 Å². The van der Waals surface area contributed by atoms with Crippen molar-refractivity contribution in [1.29, 1.82) is 0 Å². The summed E-state index contributed by atoms with van der Waals surface area (Å²) in [7, 11) is 0. The predicted octanol–water partition coefficient (Wildman–Crippen LogP) is 3.53. The molecule has 15 heavy (non-hydrogen) atoms. The molecule has 0 radical (unpaired) electrons. The van der Waals surface area contributed by atoms with Gasteiger partial charge < -0.3 is 5.11 Å². The van der Waals surface area contributed by atoms with Gasteiger partial charge in [0.2, 0.25) is 0 Å². The van der Waals surface area contributed by atoms with Gasteiger partial charge in [-0.2, -0.15) is 0 Å². The first-order valence-electron chi connectivity index (χ1n) is 5.92. The van der Waals surface area contributed by atoms with Gasteiger partial charge in [-0.15, -0.1) is 0 Å². The van der Waals surface area contributed by atoms with E-state index >= 15 is 0 Å². The third-order valence-electron chi connectivity index (χ3n) is 3.55. The fraction of sp³-hybridized carbons (Fsp3) is 0.571. The number of aliphatic hydroxyl groups excluding tert-OH is 1. The van der Waals surface area contributed by atoms with E-state index in [4.69, 9.17) is 0 Å². The molecule has 1 aromatic rings. The van der Waals surface area contributed by atoms with E-state index in [0.29, 0.717) is 0 Å². The Morgan fingerprint density at radius 2 is 2.07 bits per heavy atom. The largest absolute Gasteiger partial charge is 0.388 e. The molecule has 1 atom stereocenters. The fourth-order valence-corrected chi connectivity index (χ4v) is 2.09. The lowest BCUT2D eigenvalue weighted by Crippen LogP contribution is -2.01. The van der Waals surface area contributed by atoms with Crippen molar-refractivity contribution in [2.75, 3.05) is 0 Å². The SMILES string of the molecule is Cc1cccc(C(O)CCC2CC2)c1C. The monoisotopic (exact) mass is 204 g/mol. The molecule has 1 unspecified atom stereocenters. The number of rotatable bonds is 4. The summed E-state index contributed by atoms with van der Waals surface area (Å²) in [5.74, 6) is 0.907. The van der Waals surface area contributed by atoms with Crippen LogP contribution in [0.15, 0.2) is 18.2 Å². The second-order valence-electron chi connectivity index (χ2n) is 4.83. The first kappa shape index (κ1) is 10.7. The minimum Gasteiger partial charge on any atom is -0.388 e. The van der Waals surface area contributed by atoms with Gasteiger partial charge in [0.1, 0.15) is 0 Å². The van der Waals surface area contributed by atoms with E-state index in [2.05, 4.69) is 26.0 Å². The molecule has 1 aliphatic rings. The third-order valence-corrected chi connectivity index (χ3v) is 3.55. The van der Waals surface area contributed by atoms with Crippen molar-refractivity contribution < 1.29 is 5.11 Å². The Balaban J connectivity index is 2.02. The van der Waals surface area contributed by atoms with Gasteiger partial charge in [0, 0.05) is 0 Å². The maximum Gasteiger partial charge on any atom is 0.0792 e. The van der Waals surface area contributed by atoms with E-state index in [1.54, 1.807) is 0 Å². The molecule has 0 amide bonds. The van der Waals surface area contributed by atoms with Crippen LogP contribution in [-0.4, -0.2) is 5.11 Å². The Hall–Kier alpha value is -0.820. The predicted molar refractivity (Wildman–Crippen MR) is 62.8 cm³/mol. The molecule has 1 fully saturated rings. The van der Waals surface area contributed by atoms with E-state index < -0.39 is 0 Å². The first-order chi connectivity index (χ1) is 7.18. The lowest BCUT2D eigenvalue weighted by Gasteiger charge is -2.14. The molecule has 1 aromatic carbocycles. The van der Waals surface area contributed by atoms with Crippen LogP contribution in [0.4, 0.5) is 0 Å². The van der Waals surface area contributed by atoms with Gasteiger partial charge >= 0.3 is 0 Å². The number of hydrogen-bond acceptors (Lipinski definition) is 1. The van der Waals surface area contributed by atoms with Gasteiger partial charge in [0.15, 0.2) is 0 Å². The van der Waals surface area contributed by atoms with Crippen molar-refractivity contribution in [1.82, 2.24) is 0 Å². The van der Waals surface area contributed by atoms with Gasteiger partial charge in [0.05, 0.1) is 6.10 Å². The Morgan fingerprint density at radius 3 is 2.73 bits per heavy atom. The molecular formula is C14H20O. The quantitative estimate of drug-likeness (QED) is 0.795. The van der Waals surface area contributed by atoms with Crippen molar-refractivity contribution in [3.63, 3.8) is 0 Å². The van der Waals surface area contributed by atoms with E-state index in [0.717, 1.165) is 17.9 Å². The smallest absolute Gasteiger partial charge is 0.0792 e. The molecule has 1 aliphatic carbocycles. The summed E-state index contributed by atoms with van der Waals surface area (Å²) < 4.78 is 0. The minimum atomic E-state index is -0.259. The van der Waals surface area contributed by atoms with Crippen LogP contribution in [0.3, 0.4) is 0 Å². The highest BCUT2D eigenvalue weighted by atomic mass is 16.3. The van der Waals surface area contributed by atoms with Crippen LogP contribution in [0.1, 0.15) is 48.5 Å². The Kier molecular flexibility index (Phi) is 3.11. The zero-order valence-electron chi connectivity index (χ0n) is 9.66. The third kappa shape index (κ3) is 2.60. The van der Waals surface area contributed by atoms with Gasteiger partial charge in [-0.1, -0.05) is 31.0 Å². The summed E-state index contributed by atoms with van der Waals surface area (Å²) in [5, 5.41) is 10.1. The highest BCUT2D eigenvalue weighted by Crippen LogP contribution is 2.36. The van der Waals surface area contributed by atoms with E-state index in [1.165, 1.54) is 30.4 Å². The summed E-state index contributed by atoms with van der Waals surface area (Å²) in [5.41, 5.74) is 3.65. The molecule has 2 rings (SSSR count). The van der Waals surface area contributed by atoms with Crippen LogP contribution in [0, 0.1) is 19.8 Å². The normalized spacial score (nSPS) is 17.8. The summed E-state index contributed by atoms with van der Waals surface area (Å²) >= 11 is 0. The molecular weight excluding hydrogens is 184 g/mol. The van der Waals surface area contributed by atoms with Crippen molar-refractivity contribution in [3.05, 3.63) is 34.9 Å². The Morgan fingerprint density at radius 1 is 1.33 bits per heavy atom. The standard InChI is InChI=1S/C14H20O/c1-10-4-3-5-13(11(10)2)14(15)9-8-12-6-7-12/h3-5,12,14-15H,6-9H2,1-2H3. The summed E-state index contributed by atoms with van der Waals surface area (Å²) in [6, 6.07) is 6.20. The molecule has 82 valence electrons. The molecule has 0 bridgehead atoms. The number of aliphatic hydroxyl groups is 1. The molecule has 0 aliphatic heterocycles. The number of benzene rings is 1. The molecule has 1 nitrogen and oxygen atoms in total. The van der Waals surface area contributed by atoms with Crippen LogP contribution >= 0.6 is 0 Å². The summed E-state index contributed by atoms with van der Waals surface area (Å²) in [4.78, 5) is 0. The zero-order chi connectivity index (χ0) is 10.8. The average molecular weight is 204 g/mol. The average Bonchev–Trinajstić information content (AvgIpc) is 3.02. The lowest BCUT2D eigenvalue weighted by molar-refractivity contribution is 0.161. The van der Waals surface area contributed by atoms with Gasteiger partial charge in [-0.25, -0.2) is 0 Å². The molecule has 0 saturated heterocycles. The molecule has 1 N–H and O–H groups in total. The van der Waals surface area contributed by atoms with Gasteiger partial charge in [0.25, 0.3) is 0 Å². The molecule has 1 heteroatoms. The summed E-state index contributed by atoms with van der Waals surface area (Å²) in [6.07, 6.45) is 4.60. The van der Waals surface area contributed by atoms with Crippen LogP contribution in [0.25, 0.3) is 0 Å². The van der Waals surface area contributed by atoms with Crippen LogP contribution in [-0.2, 0) is 0 Å². The fourth-order valence-electron chi connectivity index (χ4n) is 2.09. The maximum atomic E-state index is 10.1. The van der Waals surface area contributed by atoms with E-state index in [-0.39, 0.29) is 6.10 Å². The Labute approximate surface area is 92.1 Å². The van der Waals surface area contributed by atoms with Crippen molar-refractivity contribution in [3.8, 4) is 0 Å². The number of hydrogen-bond donors (Lipinski definition) is 1. The molecule has 0 spiro atoms. The molecule has 0 heterocycles. The van der Waals surface area contributed by atoms with E-state index in [1.807, 2.05) is 6.07 Å². The van der Waals surface area contributed by atoms with Crippen LogP contribution in [0.2, 0.25) is 0 Å². The maximum absolute atomic E-state index is 10.1. The molecule has 0 aromatic heterocycles. The van der Waals surface area contributed by atoms with Gasteiger partial charge in [-0.3, -0.25) is 0 Å². The van der Waals surface area contributed by atoms with Crippen molar-refractivity contribution in [2.24, 2.45) is 5.92 Å². The Bertz CT molecular complexity index is 339.